The van der Waals surface area contributed by atoms with Crippen LogP contribution >= 0.6 is 0 Å². The quantitative estimate of drug-likeness (QED) is 0.431. The van der Waals surface area contributed by atoms with E-state index in [-0.39, 0.29) is 29.7 Å². The van der Waals surface area contributed by atoms with E-state index in [4.69, 9.17) is 5.73 Å². The average Bonchev–Trinajstić information content (AvgIpc) is 3.31. The summed E-state index contributed by atoms with van der Waals surface area (Å²) in [6, 6.07) is 8.32. The van der Waals surface area contributed by atoms with Crippen LogP contribution < -0.4 is 16.4 Å². The van der Waals surface area contributed by atoms with E-state index in [1.54, 1.807) is 14.0 Å². The SMILES string of the molecule is CN[C@@H](C)C(=O)N[C@H](C(=O)N1CCC[C@H]1CN(CCc1ccccc1)C(=O)[C@H](N)C(C)C)C(C)(C)C. The Balaban J connectivity index is 2.22. The largest absolute Gasteiger partial charge is 0.342 e. The van der Waals surface area contributed by atoms with Gasteiger partial charge in [-0.05, 0) is 50.1 Å². The first-order valence-corrected chi connectivity index (χ1v) is 13.2. The molecule has 36 heavy (non-hydrogen) atoms. The monoisotopic (exact) mass is 501 g/mol. The smallest absolute Gasteiger partial charge is 0.246 e. The summed E-state index contributed by atoms with van der Waals surface area (Å²) >= 11 is 0. The molecule has 1 heterocycles. The van der Waals surface area contributed by atoms with Gasteiger partial charge in [-0.25, -0.2) is 0 Å². The highest BCUT2D eigenvalue weighted by Gasteiger charge is 2.41. The van der Waals surface area contributed by atoms with Crippen molar-refractivity contribution in [3.05, 3.63) is 35.9 Å². The molecule has 0 aromatic heterocycles. The van der Waals surface area contributed by atoms with E-state index in [2.05, 4.69) is 22.8 Å². The lowest BCUT2D eigenvalue weighted by molar-refractivity contribution is -0.142. The molecule has 0 bridgehead atoms. The number of nitrogens with one attached hydrogen (secondary N) is 2. The first-order valence-electron chi connectivity index (χ1n) is 13.2. The van der Waals surface area contributed by atoms with Gasteiger partial charge in [-0.15, -0.1) is 0 Å². The molecule has 0 spiro atoms. The van der Waals surface area contributed by atoms with Gasteiger partial charge in [0.05, 0.1) is 12.1 Å². The number of benzene rings is 1. The predicted octanol–water partition coefficient (Wildman–Crippen LogP) is 2.17. The topological polar surface area (TPSA) is 108 Å². The van der Waals surface area contributed by atoms with Crippen molar-refractivity contribution in [1.82, 2.24) is 20.4 Å². The van der Waals surface area contributed by atoms with Crippen LogP contribution in [0.4, 0.5) is 0 Å². The summed E-state index contributed by atoms with van der Waals surface area (Å²) in [4.78, 5) is 43.5. The summed E-state index contributed by atoms with van der Waals surface area (Å²) in [6.07, 6.45) is 2.40. The Kier molecular flexibility index (Phi) is 10.9. The van der Waals surface area contributed by atoms with Crippen molar-refractivity contribution in [2.24, 2.45) is 17.1 Å². The van der Waals surface area contributed by atoms with E-state index in [1.807, 2.05) is 62.6 Å². The number of carbonyl (C=O) groups is 3. The second-order valence-electron chi connectivity index (χ2n) is 11.4. The van der Waals surface area contributed by atoms with E-state index in [0.29, 0.717) is 19.6 Å². The Morgan fingerprint density at radius 2 is 1.78 bits per heavy atom. The van der Waals surface area contributed by atoms with Crippen molar-refractivity contribution in [3.63, 3.8) is 0 Å². The molecular formula is C28H47N5O3. The summed E-state index contributed by atoms with van der Waals surface area (Å²) in [6.45, 7) is 13.2. The maximum absolute atomic E-state index is 13.8. The Labute approximate surface area is 217 Å². The standard InChI is InChI=1S/C28H47N5O3/c1-19(2)23(29)26(35)32(17-15-21-12-9-8-10-13-21)18-22-14-11-16-33(22)27(36)24(28(4,5)6)31-25(34)20(3)30-7/h8-10,12-13,19-20,22-24,30H,11,14-18,29H2,1-7H3,(H,31,34)/t20-,22-,23+,24+/m0/s1. The van der Waals surface area contributed by atoms with Crippen LogP contribution in [0.5, 0.6) is 0 Å². The minimum Gasteiger partial charge on any atom is -0.342 e. The fourth-order valence-electron chi connectivity index (χ4n) is 4.48. The molecule has 1 aromatic rings. The summed E-state index contributed by atoms with van der Waals surface area (Å²) in [5, 5.41) is 5.90. The Morgan fingerprint density at radius 3 is 2.33 bits per heavy atom. The lowest BCUT2D eigenvalue weighted by Crippen LogP contribution is -2.59. The number of hydrogen-bond acceptors (Lipinski definition) is 5. The van der Waals surface area contributed by atoms with Crippen LogP contribution in [0.1, 0.15) is 59.9 Å². The molecular weight excluding hydrogens is 454 g/mol. The maximum Gasteiger partial charge on any atom is 0.246 e. The number of likely N-dealkylation sites (N-methyl/N-ethyl adjacent to an activating group) is 1. The summed E-state index contributed by atoms with van der Waals surface area (Å²) in [5.74, 6) is -0.356. The third-order valence-corrected chi connectivity index (χ3v) is 7.15. The number of carbonyl (C=O) groups excluding carboxylic acids is 3. The molecule has 0 aliphatic carbocycles. The maximum atomic E-state index is 13.8. The first-order chi connectivity index (χ1) is 16.9. The zero-order chi connectivity index (χ0) is 27.0. The number of likely N-dealkylation sites (tertiary alicyclic amines) is 1. The third kappa shape index (κ3) is 8.03. The third-order valence-electron chi connectivity index (χ3n) is 7.15. The minimum atomic E-state index is -0.659. The molecule has 1 aliphatic heterocycles. The van der Waals surface area contributed by atoms with Crippen LogP contribution in [0.3, 0.4) is 0 Å². The van der Waals surface area contributed by atoms with Gasteiger partial charge >= 0.3 is 0 Å². The van der Waals surface area contributed by atoms with Crippen LogP contribution in [0, 0.1) is 11.3 Å². The van der Waals surface area contributed by atoms with Crippen molar-refractivity contribution in [3.8, 4) is 0 Å². The Bertz CT molecular complexity index is 868. The highest BCUT2D eigenvalue weighted by atomic mass is 16.2. The van der Waals surface area contributed by atoms with Gasteiger partial charge in [0.25, 0.3) is 0 Å². The molecule has 0 unspecified atom stereocenters. The highest BCUT2D eigenvalue weighted by molar-refractivity contribution is 5.90. The van der Waals surface area contributed by atoms with E-state index < -0.39 is 23.5 Å². The zero-order valence-electron chi connectivity index (χ0n) is 23.2. The molecule has 1 aromatic carbocycles. The van der Waals surface area contributed by atoms with Gasteiger partial charge in [-0.2, -0.15) is 0 Å². The van der Waals surface area contributed by atoms with Crippen LogP contribution in [0.15, 0.2) is 30.3 Å². The molecule has 1 fully saturated rings. The van der Waals surface area contributed by atoms with Gasteiger partial charge in [0.1, 0.15) is 6.04 Å². The van der Waals surface area contributed by atoms with E-state index in [0.717, 1.165) is 24.8 Å². The highest BCUT2D eigenvalue weighted by Crippen LogP contribution is 2.26. The molecule has 4 N–H and O–H groups in total. The second-order valence-corrected chi connectivity index (χ2v) is 11.4. The van der Waals surface area contributed by atoms with E-state index >= 15 is 0 Å². The van der Waals surface area contributed by atoms with Crippen molar-refractivity contribution in [2.75, 3.05) is 26.7 Å². The van der Waals surface area contributed by atoms with E-state index in [9.17, 15) is 14.4 Å². The Hall–Kier alpha value is -2.45. The fraction of sp³-hybridized carbons (Fsp3) is 0.679. The van der Waals surface area contributed by atoms with Crippen molar-refractivity contribution < 1.29 is 14.4 Å². The van der Waals surface area contributed by atoms with Gasteiger partial charge in [-0.3, -0.25) is 14.4 Å². The minimum absolute atomic E-state index is 0.0210. The average molecular weight is 502 g/mol. The Morgan fingerprint density at radius 1 is 1.14 bits per heavy atom. The molecule has 0 radical (unpaired) electrons. The molecule has 4 atom stereocenters. The number of nitrogens with two attached hydrogens (primary N) is 1. The first kappa shape index (κ1) is 29.8. The molecule has 2 rings (SSSR count). The second kappa shape index (κ2) is 13.2. The summed E-state index contributed by atoms with van der Waals surface area (Å²) in [7, 11) is 1.72. The van der Waals surface area contributed by atoms with E-state index in [1.165, 1.54) is 0 Å². The van der Waals surface area contributed by atoms with Crippen molar-refractivity contribution in [2.45, 2.75) is 85.0 Å². The lowest BCUT2D eigenvalue weighted by Gasteiger charge is -2.38. The van der Waals surface area contributed by atoms with Gasteiger partial charge < -0.3 is 26.2 Å². The van der Waals surface area contributed by atoms with Gasteiger partial charge in [0.15, 0.2) is 0 Å². The summed E-state index contributed by atoms with van der Waals surface area (Å²) in [5.41, 5.74) is 6.97. The summed E-state index contributed by atoms with van der Waals surface area (Å²) < 4.78 is 0. The van der Waals surface area contributed by atoms with Gasteiger partial charge in [-0.1, -0.05) is 65.0 Å². The lowest BCUT2D eigenvalue weighted by atomic mass is 9.85. The zero-order valence-corrected chi connectivity index (χ0v) is 23.2. The molecule has 0 saturated carbocycles. The molecule has 8 nitrogen and oxygen atoms in total. The molecule has 1 saturated heterocycles. The number of rotatable bonds is 11. The molecule has 8 heteroatoms. The van der Waals surface area contributed by atoms with Crippen LogP contribution in [-0.2, 0) is 20.8 Å². The van der Waals surface area contributed by atoms with Gasteiger partial charge in [0, 0.05) is 25.7 Å². The fourth-order valence-corrected chi connectivity index (χ4v) is 4.48. The van der Waals surface area contributed by atoms with Crippen LogP contribution in [0.2, 0.25) is 0 Å². The van der Waals surface area contributed by atoms with Crippen molar-refractivity contribution >= 4 is 17.7 Å². The molecule has 1 aliphatic rings. The number of hydrogen-bond donors (Lipinski definition) is 3. The van der Waals surface area contributed by atoms with Crippen molar-refractivity contribution in [1.29, 1.82) is 0 Å². The number of nitrogens with zero attached hydrogens (tertiary/aromatic N) is 2. The predicted molar refractivity (Wildman–Crippen MR) is 144 cm³/mol. The number of amides is 3. The van der Waals surface area contributed by atoms with Crippen LogP contribution in [0.25, 0.3) is 0 Å². The molecule has 202 valence electrons. The molecule has 3 amide bonds. The van der Waals surface area contributed by atoms with Gasteiger partial charge in [0.2, 0.25) is 17.7 Å². The normalized spacial score (nSPS) is 18.6. The van der Waals surface area contributed by atoms with Crippen LogP contribution in [-0.4, -0.2) is 78.4 Å².